The van der Waals surface area contributed by atoms with E-state index in [9.17, 15) is 4.79 Å². The van der Waals surface area contributed by atoms with Crippen LogP contribution in [0, 0.1) is 6.92 Å². The van der Waals surface area contributed by atoms with Gasteiger partial charge in [0.1, 0.15) is 0 Å². The number of hydrogen-bond acceptors (Lipinski definition) is 3. The fourth-order valence-electron chi connectivity index (χ4n) is 1.46. The van der Waals surface area contributed by atoms with Crippen molar-refractivity contribution < 1.29 is 4.79 Å². The van der Waals surface area contributed by atoms with E-state index in [1.807, 2.05) is 0 Å². The van der Waals surface area contributed by atoms with Crippen LogP contribution < -0.4 is 5.32 Å². The van der Waals surface area contributed by atoms with Gasteiger partial charge in [0, 0.05) is 0 Å². The van der Waals surface area contributed by atoms with Crippen molar-refractivity contribution in [2.75, 3.05) is 5.32 Å². The van der Waals surface area contributed by atoms with Crippen LogP contribution in [0.25, 0.3) is 0 Å². The molecule has 20 heavy (non-hydrogen) atoms. The van der Waals surface area contributed by atoms with Crippen LogP contribution in [0.4, 0.5) is 5.69 Å². The highest BCUT2D eigenvalue weighted by Crippen LogP contribution is 2.33. The molecule has 0 saturated carbocycles. The summed E-state index contributed by atoms with van der Waals surface area (Å²) in [5.41, 5.74) is 1.17. The number of amides is 1. The van der Waals surface area contributed by atoms with E-state index in [0.29, 0.717) is 15.7 Å². The quantitative estimate of drug-likeness (QED) is 0.857. The zero-order chi connectivity index (χ0) is 14.9. The van der Waals surface area contributed by atoms with Crippen molar-refractivity contribution in [3.63, 3.8) is 0 Å². The summed E-state index contributed by atoms with van der Waals surface area (Å²) in [6.45, 7) is 1.80. The number of rotatable bonds is 2. The van der Waals surface area contributed by atoms with Crippen LogP contribution in [0.1, 0.15) is 15.9 Å². The van der Waals surface area contributed by atoms with E-state index >= 15 is 0 Å². The van der Waals surface area contributed by atoms with Crippen molar-refractivity contribution in [2.45, 2.75) is 6.92 Å². The predicted molar refractivity (Wildman–Crippen MR) is 81.2 cm³/mol. The van der Waals surface area contributed by atoms with Crippen molar-refractivity contribution in [1.29, 1.82) is 0 Å². The molecule has 0 spiro atoms. The maximum Gasteiger partial charge on any atom is 0.259 e. The van der Waals surface area contributed by atoms with Crippen LogP contribution in [-0.4, -0.2) is 16.1 Å². The average Bonchev–Trinajstić information content (AvgIpc) is 2.41. The SMILES string of the molecule is Cc1ccc(Cl)c(NC(=O)c2cc(Cl)nnc2Cl)c1Cl. The lowest BCUT2D eigenvalue weighted by molar-refractivity contribution is 0.102. The molecule has 0 fully saturated rings. The lowest BCUT2D eigenvalue weighted by Gasteiger charge is -2.11. The highest BCUT2D eigenvalue weighted by Gasteiger charge is 2.17. The summed E-state index contributed by atoms with van der Waals surface area (Å²) >= 11 is 23.6. The van der Waals surface area contributed by atoms with Gasteiger partial charge in [0.05, 0.1) is 21.3 Å². The van der Waals surface area contributed by atoms with Crippen molar-refractivity contribution in [1.82, 2.24) is 10.2 Å². The first-order chi connectivity index (χ1) is 9.40. The van der Waals surface area contributed by atoms with Crippen molar-refractivity contribution in [3.8, 4) is 0 Å². The molecule has 0 radical (unpaired) electrons. The summed E-state index contributed by atoms with van der Waals surface area (Å²) in [7, 11) is 0. The second-order valence-electron chi connectivity index (χ2n) is 3.88. The summed E-state index contributed by atoms with van der Waals surface area (Å²) in [4.78, 5) is 12.2. The van der Waals surface area contributed by atoms with E-state index in [4.69, 9.17) is 46.4 Å². The van der Waals surface area contributed by atoms with Gasteiger partial charge in [0.15, 0.2) is 10.3 Å². The Labute approximate surface area is 135 Å². The van der Waals surface area contributed by atoms with Gasteiger partial charge in [-0.05, 0) is 24.6 Å². The third kappa shape index (κ3) is 3.15. The normalized spacial score (nSPS) is 10.4. The van der Waals surface area contributed by atoms with Gasteiger partial charge in [0.2, 0.25) is 0 Å². The van der Waals surface area contributed by atoms with Crippen LogP contribution in [-0.2, 0) is 0 Å². The molecule has 1 N–H and O–H groups in total. The van der Waals surface area contributed by atoms with Gasteiger partial charge in [-0.3, -0.25) is 4.79 Å². The summed E-state index contributed by atoms with van der Waals surface area (Å²) in [5.74, 6) is -0.527. The van der Waals surface area contributed by atoms with Crippen LogP contribution in [0.5, 0.6) is 0 Å². The molecule has 1 aromatic carbocycles. The second-order valence-corrected chi connectivity index (χ2v) is 5.41. The monoisotopic (exact) mass is 349 g/mol. The lowest BCUT2D eigenvalue weighted by atomic mass is 10.2. The standard InChI is InChI=1S/C12H7Cl4N3O/c1-5-2-3-7(13)10(9(5)15)17-12(20)6-4-8(14)18-19-11(6)16/h2-4H,1H3,(H,17,20). The maximum atomic E-state index is 12.2. The number of anilines is 1. The van der Waals surface area contributed by atoms with Crippen molar-refractivity contribution in [3.05, 3.63) is 49.7 Å². The predicted octanol–water partition coefficient (Wildman–Crippen LogP) is 4.65. The van der Waals surface area contributed by atoms with Crippen LogP contribution in [0.15, 0.2) is 18.2 Å². The first kappa shape index (κ1) is 15.3. The molecule has 0 aliphatic heterocycles. The fourth-order valence-corrected chi connectivity index (χ4v) is 2.25. The third-order valence-corrected chi connectivity index (χ3v) is 3.75. The minimum Gasteiger partial charge on any atom is -0.319 e. The van der Waals surface area contributed by atoms with Crippen molar-refractivity contribution in [2.24, 2.45) is 0 Å². The Bertz CT molecular complexity index is 691. The van der Waals surface area contributed by atoms with Crippen molar-refractivity contribution >= 4 is 58.0 Å². The summed E-state index contributed by atoms with van der Waals surface area (Å²) in [5, 5.41) is 10.3. The average molecular weight is 351 g/mol. The number of halogens is 4. The van der Waals surface area contributed by atoms with E-state index < -0.39 is 5.91 Å². The fraction of sp³-hybridized carbons (Fsp3) is 0.0833. The minimum atomic E-state index is -0.527. The Morgan fingerprint density at radius 2 is 1.85 bits per heavy atom. The van der Waals surface area contributed by atoms with Crippen LogP contribution in [0.2, 0.25) is 20.4 Å². The highest BCUT2D eigenvalue weighted by atomic mass is 35.5. The number of aryl methyl sites for hydroxylation is 1. The molecule has 1 amide bonds. The van der Waals surface area contributed by atoms with Crippen LogP contribution >= 0.6 is 46.4 Å². The van der Waals surface area contributed by atoms with E-state index in [1.54, 1.807) is 19.1 Å². The van der Waals surface area contributed by atoms with Gasteiger partial charge in [-0.25, -0.2) is 0 Å². The topological polar surface area (TPSA) is 54.9 Å². The number of nitrogens with one attached hydrogen (secondary N) is 1. The molecular formula is C12H7Cl4N3O. The first-order valence-corrected chi connectivity index (χ1v) is 6.86. The number of aromatic nitrogens is 2. The van der Waals surface area contributed by atoms with Gasteiger partial charge in [-0.1, -0.05) is 52.5 Å². The van der Waals surface area contributed by atoms with E-state index in [-0.39, 0.29) is 15.9 Å². The van der Waals surface area contributed by atoms with E-state index in [0.717, 1.165) is 5.56 Å². The molecule has 4 nitrogen and oxygen atoms in total. The molecule has 2 aromatic rings. The largest absolute Gasteiger partial charge is 0.319 e. The summed E-state index contributed by atoms with van der Waals surface area (Å²) < 4.78 is 0. The molecule has 0 saturated heterocycles. The second kappa shape index (κ2) is 6.14. The molecule has 1 heterocycles. The zero-order valence-corrected chi connectivity index (χ0v) is 13.1. The molecule has 0 atom stereocenters. The van der Waals surface area contributed by atoms with E-state index in [1.165, 1.54) is 6.07 Å². The number of carbonyl (C=O) groups excluding carboxylic acids is 1. The Morgan fingerprint density at radius 1 is 1.15 bits per heavy atom. The molecule has 0 aliphatic rings. The number of carbonyl (C=O) groups is 1. The Hall–Kier alpha value is -1.07. The Morgan fingerprint density at radius 3 is 2.55 bits per heavy atom. The zero-order valence-electron chi connectivity index (χ0n) is 10.0. The number of benzene rings is 1. The van der Waals surface area contributed by atoms with E-state index in [2.05, 4.69) is 15.5 Å². The summed E-state index contributed by atoms with van der Waals surface area (Å²) in [6, 6.07) is 4.69. The first-order valence-electron chi connectivity index (χ1n) is 5.35. The third-order valence-electron chi connectivity index (χ3n) is 2.49. The lowest BCUT2D eigenvalue weighted by Crippen LogP contribution is -2.14. The smallest absolute Gasteiger partial charge is 0.259 e. The summed E-state index contributed by atoms with van der Waals surface area (Å²) in [6.07, 6.45) is 0. The molecule has 1 aromatic heterocycles. The molecular weight excluding hydrogens is 344 g/mol. The van der Waals surface area contributed by atoms with Gasteiger partial charge < -0.3 is 5.32 Å². The number of nitrogens with zero attached hydrogens (tertiary/aromatic N) is 2. The Balaban J connectivity index is 2.38. The van der Waals surface area contributed by atoms with Gasteiger partial charge in [-0.2, -0.15) is 0 Å². The molecule has 8 heteroatoms. The molecule has 0 aliphatic carbocycles. The molecule has 0 bridgehead atoms. The van der Waals surface area contributed by atoms with Gasteiger partial charge in [0.25, 0.3) is 5.91 Å². The molecule has 104 valence electrons. The molecule has 0 unspecified atom stereocenters. The molecule has 2 rings (SSSR count). The van der Waals surface area contributed by atoms with Crippen LogP contribution in [0.3, 0.4) is 0 Å². The van der Waals surface area contributed by atoms with Gasteiger partial charge in [-0.15, -0.1) is 10.2 Å². The van der Waals surface area contributed by atoms with Gasteiger partial charge >= 0.3 is 0 Å². The number of hydrogen-bond donors (Lipinski definition) is 1. The maximum absolute atomic E-state index is 12.2. The minimum absolute atomic E-state index is 0.0565. The Kier molecular flexibility index (Phi) is 4.70. The highest BCUT2D eigenvalue weighted by molar-refractivity contribution is 6.41.